The van der Waals surface area contributed by atoms with Gasteiger partial charge < -0.3 is 18.8 Å². The van der Waals surface area contributed by atoms with E-state index in [0.29, 0.717) is 31.3 Å². The van der Waals surface area contributed by atoms with Gasteiger partial charge >= 0.3 is 6.09 Å². The van der Waals surface area contributed by atoms with Crippen molar-refractivity contribution in [1.29, 1.82) is 0 Å². The molecule has 32 heavy (non-hydrogen) atoms. The third kappa shape index (κ3) is 8.05. The van der Waals surface area contributed by atoms with Gasteiger partial charge in [-0.3, -0.25) is 0 Å². The first-order valence-corrected chi connectivity index (χ1v) is 15.0. The van der Waals surface area contributed by atoms with E-state index in [4.69, 9.17) is 25.5 Å². The third-order valence-corrected chi connectivity index (χ3v) is 11.1. The zero-order valence-corrected chi connectivity index (χ0v) is 22.9. The minimum atomic E-state index is -1.82. The highest BCUT2D eigenvalue weighted by Gasteiger charge is 2.37. The molecule has 1 aliphatic heterocycles. The van der Waals surface area contributed by atoms with Gasteiger partial charge in [0, 0.05) is 24.0 Å². The molecule has 0 aromatic heterocycles. The van der Waals surface area contributed by atoms with E-state index in [1.165, 1.54) is 0 Å². The largest absolute Gasteiger partial charge is 0.444 e. The Bertz CT molecular complexity index is 757. The summed E-state index contributed by atoms with van der Waals surface area (Å²) in [5, 5.41) is 0.852. The van der Waals surface area contributed by atoms with Crippen LogP contribution in [0.25, 0.3) is 0 Å². The molecule has 0 unspecified atom stereocenters. The topological polar surface area (TPSA) is 48.0 Å². The van der Waals surface area contributed by atoms with E-state index in [0.717, 1.165) is 18.4 Å². The van der Waals surface area contributed by atoms with E-state index < -0.39 is 13.9 Å². The van der Waals surface area contributed by atoms with Gasteiger partial charge in [0.1, 0.15) is 5.60 Å². The standard InChI is InChI=1S/C25H42ClNO4Si/c1-24(2,3)31-23(28)27-14-10-12-20(18-27)22(19-11-9-13-21(26)17-19)29-15-16-30-32(7,8)25(4,5)6/h9,11,13,17,20,22H,10,12,14-16,18H2,1-8H3/t20-,22+/m1/s1. The molecule has 1 heterocycles. The van der Waals surface area contributed by atoms with E-state index in [-0.39, 0.29) is 23.2 Å². The average molecular weight is 484 g/mol. The summed E-state index contributed by atoms with van der Waals surface area (Å²) in [7, 11) is -1.82. The Morgan fingerprint density at radius 1 is 1.19 bits per heavy atom. The van der Waals surface area contributed by atoms with Crippen molar-refractivity contribution in [2.24, 2.45) is 5.92 Å². The molecule has 7 heteroatoms. The minimum absolute atomic E-state index is 0.151. The number of likely N-dealkylation sites (tertiary alicyclic amines) is 1. The molecule has 0 aliphatic carbocycles. The summed E-state index contributed by atoms with van der Waals surface area (Å²) in [6, 6.07) is 7.84. The van der Waals surface area contributed by atoms with Crippen LogP contribution in [0.1, 0.15) is 66.1 Å². The first kappa shape index (κ1) is 27.2. The van der Waals surface area contributed by atoms with Crippen LogP contribution in [-0.4, -0.2) is 51.2 Å². The van der Waals surface area contributed by atoms with Crippen molar-refractivity contribution in [3.63, 3.8) is 0 Å². The number of nitrogens with zero attached hydrogens (tertiary/aromatic N) is 1. The van der Waals surface area contributed by atoms with E-state index in [1.807, 2.05) is 43.9 Å². The van der Waals surface area contributed by atoms with Gasteiger partial charge in [-0.2, -0.15) is 0 Å². The van der Waals surface area contributed by atoms with Crippen LogP contribution in [-0.2, 0) is 13.9 Å². The number of hydrogen-bond acceptors (Lipinski definition) is 4. The van der Waals surface area contributed by atoms with Gasteiger partial charge in [0.15, 0.2) is 8.32 Å². The smallest absolute Gasteiger partial charge is 0.410 e. The van der Waals surface area contributed by atoms with E-state index in [9.17, 15) is 4.79 Å². The summed E-state index contributed by atoms with van der Waals surface area (Å²) in [6.45, 7) is 19.3. The summed E-state index contributed by atoms with van der Waals surface area (Å²) < 4.78 is 18.3. The number of amides is 1. The van der Waals surface area contributed by atoms with Gasteiger partial charge in [0.25, 0.3) is 0 Å². The van der Waals surface area contributed by atoms with Crippen LogP contribution >= 0.6 is 11.6 Å². The maximum atomic E-state index is 12.7. The van der Waals surface area contributed by atoms with Gasteiger partial charge in [-0.05, 0) is 69.4 Å². The van der Waals surface area contributed by atoms with Crippen molar-refractivity contribution in [2.75, 3.05) is 26.3 Å². The average Bonchev–Trinajstić information content (AvgIpc) is 2.66. The zero-order chi connectivity index (χ0) is 24.2. The fourth-order valence-corrected chi connectivity index (χ4v) is 4.85. The van der Waals surface area contributed by atoms with Gasteiger partial charge in [-0.15, -0.1) is 0 Å². The Hall–Kier alpha value is -1.08. The van der Waals surface area contributed by atoms with Crippen LogP contribution in [0.3, 0.4) is 0 Å². The second-order valence-corrected chi connectivity index (χ2v) is 16.5. The van der Waals surface area contributed by atoms with Crippen LogP contribution in [0, 0.1) is 5.92 Å². The molecule has 2 atom stereocenters. The van der Waals surface area contributed by atoms with Crippen molar-refractivity contribution >= 4 is 26.0 Å². The molecular formula is C25H42ClNO4Si. The summed E-state index contributed by atoms with van der Waals surface area (Å²) in [5.74, 6) is 0.169. The first-order valence-electron chi connectivity index (χ1n) is 11.7. The molecular weight excluding hydrogens is 442 g/mol. The molecule has 5 nitrogen and oxygen atoms in total. The summed E-state index contributed by atoms with van der Waals surface area (Å²) in [5.41, 5.74) is 0.536. The van der Waals surface area contributed by atoms with Crippen molar-refractivity contribution in [3.05, 3.63) is 34.9 Å². The SMILES string of the molecule is CC(C)(C)OC(=O)N1CCC[C@@H]([C@@H](OCCO[Si](C)(C)C(C)(C)C)c2cccc(Cl)c2)C1. The van der Waals surface area contributed by atoms with E-state index in [1.54, 1.807) is 0 Å². The quantitative estimate of drug-likeness (QED) is 0.307. The second-order valence-electron chi connectivity index (χ2n) is 11.3. The van der Waals surface area contributed by atoms with Crippen LogP contribution in [0.2, 0.25) is 23.2 Å². The summed E-state index contributed by atoms with van der Waals surface area (Å²) in [4.78, 5) is 14.5. The molecule has 0 radical (unpaired) electrons. The number of hydrogen-bond donors (Lipinski definition) is 0. The molecule has 0 spiro atoms. The predicted octanol–water partition coefficient (Wildman–Crippen LogP) is 7.07. The molecule has 0 bridgehead atoms. The maximum Gasteiger partial charge on any atom is 0.410 e. The van der Waals surface area contributed by atoms with Gasteiger partial charge in [-0.25, -0.2) is 4.79 Å². The van der Waals surface area contributed by atoms with Gasteiger partial charge in [0.05, 0.1) is 19.3 Å². The highest BCUT2D eigenvalue weighted by molar-refractivity contribution is 6.74. The zero-order valence-electron chi connectivity index (χ0n) is 21.2. The second kappa shape index (κ2) is 10.9. The fraction of sp³-hybridized carbons (Fsp3) is 0.720. The lowest BCUT2D eigenvalue weighted by atomic mass is 9.88. The Morgan fingerprint density at radius 2 is 1.88 bits per heavy atom. The highest BCUT2D eigenvalue weighted by Crippen LogP contribution is 2.37. The molecule has 1 amide bonds. The molecule has 1 aliphatic rings. The van der Waals surface area contributed by atoms with E-state index >= 15 is 0 Å². The van der Waals surface area contributed by atoms with Gasteiger partial charge in [0.2, 0.25) is 0 Å². The van der Waals surface area contributed by atoms with Crippen molar-refractivity contribution in [2.45, 2.75) is 84.2 Å². The third-order valence-electron chi connectivity index (χ3n) is 6.36. The van der Waals surface area contributed by atoms with Crippen molar-refractivity contribution < 1.29 is 18.7 Å². The molecule has 1 fully saturated rings. The maximum absolute atomic E-state index is 12.7. The fourth-order valence-electron chi connectivity index (χ4n) is 3.63. The number of benzene rings is 1. The monoisotopic (exact) mass is 483 g/mol. The predicted molar refractivity (Wildman–Crippen MR) is 134 cm³/mol. The number of carbonyl (C=O) groups excluding carboxylic acids is 1. The number of piperidine rings is 1. The summed E-state index contributed by atoms with van der Waals surface area (Å²) in [6.07, 6.45) is 1.50. The number of halogens is 1. The number of carbonyl (C=O) groups is 1. The molecule has 1 aromatic rings. The first-order chi connectivity index (χ1) is 14.7. The number of ether oxygens (including phenoxy) is 2. The Kier molecular flexibility index (Phi) is 9.25. The van der Waals surface area contributed by atoms with Crippen molar-refractivity contribution in [1.82, 2.24) is 4.90 Å². The molecule has 182 valence electrons. The van der Waals surface area contributed by atoms with E-state index in [2.05, 4.69) is 39.9 Å². The van der Waals surface area contributed by atoms with Crippen LogP contribution in [0.4, 0.5) is 4.79 Å². The van der Waals surface area contributed by atoms with Crippen LogP contribution in [0.15, 0.2) is 24.3 Å². The Labute approximate surface area is 200 Å². The van der Waals surface area contributed by atoms with Crippen LogP contribution < -0.4 is 0 Å². The van der Waals surface area contributed by atoms with Crippen LogP contribution in [0.5, 0.6) is 0 Å². The van der Waals surface area contributed by atoms with Crippen molar-refractivity contribution in [3.8, 4) is 0 Å². The molecule has 1 saturated heterocycles. The molecule has 0 N–H and O–H groups in total. The lowest BCUT2D eigenvalue weighted by Crippen LogP contribution is -2.44. The molecule has 2 rings (SSSR count). The molecule has 0 saturated carbocycles. The van der Waals surface area contributed by atoms with Gasteiger partial charge in [-0.1, -0.05) is 44.5 Å². The molecule has 1 aromatic carbocycles. The normalized spacial score (nSPS) is 19.0. The lowest BCUT2D eigenvalue weighted by Gasteiger charge is -2.38. The Morgan fingerprint density at radius 3 is 2.47 bits per heavy atom. The number of rotatable bonds is 7. The summed E-state index contributed by atoms with van der Waals surface area (Å²) >= 11 is 6.29. The minimum Gasteiger partial charge on any atom is -0.444 e. The Balaban J connectivity index is 2.09. The lowest BCUT2D eigenvalue weighted by molar-refractivity contribution is -0.0336. The highest BCUT2D eigenvalue weighted by atomic mass is 35.5.